The third kappa shape index (κ3) is 4.28. The van der Waals surface area contributed by atoms with Gasteiger partial charge in [0.25, 0.3) is 11.8 Å². The summed E-state index contributed by atoms with van der Waals surface area (Å²) in [6.45, 7) is 3.08. The number of anilines is 1. The number of aryl methyl sites for hydroxylation is 1. The molecular weight excluding hydrogens is 334 g/mol. The molecule has 114 valence electrons. The van der Waals surface area contributed by atoms with E-state index in [0.29, 0.717) is 0 Å². The minimum absolute atomic E-state index is 0.0947. The van der Waals surface area contributed by atoms with Crippen LogP contribution in [0.15, 0.2) is 22.7 Å². The molecule has 2 rings (SSSR count). The Balaban J connectivity index is 1.98. The van der Waals surface area contributed by atoms with E-state index in [1.54, 1.807) is 0 Å². The third-order valence-electron chi connectivity index (χ3n) is 3.86. The molecule has 0 aliphatic carbocycles. The van der Waals surface area contributed by atoms with Crippen LogP contribution in [0.1, 0.15) is 24.8 Å². The van der Waals surface area contributed by atoms with Crippen molar-refractivity contribution >= 4 is 33.4 Å². The van der Waals surface area contributed by atoms with Crippen LogP contribution >= 0.6 is 15.9 Å². The summed E-state index contributed by atoms with van der Waals surface area (Å²) in [6, 6.07) is 5.52. The maximum Gasteiger partial charge on any atom is 0.279 e. The summed E-state index contributed by atoms with van der Waals surface area (Å²) in [4.78, 5) is 24.6. The molecule has 0 radical (unpaired) electrons. The predicted molar refractivity (Wildman–Crippen MR) is 85.0 cm³/mol. The van der Waals surface area contributed by atoms with Crippen LogP contribution in [0.2, 0.25) is 0 Å². The van der Waals surface area contributed by atoms with Crippen LogP contribution in [-0.2, 0) is 9.59 Å². The van der Waals surface area contributed by atoms with E-state index in [9.17, 15) is 9.59 Å². The van der Waals surface area contributed by atoms with E-state index in [0.717, 1.165) is 46.4 Å². The van der Waals surface area contributed by atoms with Gasteiger partial charge < -0.3 is 16.0 Å². The van der Waals surface area contributed by atoms with Gasteiger partial charge in [-0.2, -0.15) is 0 Å². The van der Waals surface area contributed by atoms with Crippen LogP contribution < -0.4 is 16.0 Å². The molecule has 0 spiro atoms. The zero-order valence-electron chi connectivity index (χ0n) is 12.1. The molecular formula is C15H21BrN3O2+. The van der Waals surface area contributed by atoms with E-state index in [1.165, 1.54) is 0 Å². The fraction of sp³-hybridized carbons (Fsp3) is 0.467. The normalized spacial score (nSPS) is 21.8. The van der Waals surface area contributed by atoms with Gasteiger partial charge in [-0.15, -0.1) is 0 Å². The van der Waals surface area contributed by atoms with E-state index in [4.69, 9.17) is 5.73 Å². The Bertz CT molecular complexity index is 548. The second-order valence-corrected chi connectivity index (χ2v) is 6.42. The molecule has 6 heteroatoms. The second kappa shape index (κ2) is 7.04. The molecule has 0 aromatic heterocycles. The quantitative estimate of drug-likeness (QED) is 0.741. The lowest BCUT2D eigenvalue weighted by Crippen LogP contribution is -3.18. The zero-order valence-corrected chi connectivity index (χ0v) is 13.7. The summed E-state index contributed by atoms with van der Waals surface area (Å²) < 4.78 is 0.857. The molecule has 0 bridgehead atoms. The number of amides is 2. The fourth-order valence-electron chi connectivity index (χ4n) is 2.76. The lowest BCUT2D eigenvalue weighted by Gasteiger charge is -2.29. The highest BCUT2D eigenvalue weighted by atomic mass is 79.9. The number of nitrogens with two attached hydrogens (primary N) is 1. The minimum atomic E-state index is -0.311. The molecule has 1 saturated heterocycles. The molecule has 1 aliphatic heterocycles. The van der Waals surface area contributed by atoms with Gasteiger partial charge in [-0.1, -0.05) is 6.07 Å². The van der Waals surface area contributed by atoms with E-state index < -0.39 is 0 Å². The lowest BCUT2D eigenvalue weighted by molar-refractivity contribution is -0.913. The largest absolute Gasteiger partial charge is 0.365 e. The number of likely N-dealkylation sites (tertiary alicyclic amines) is 1. The first-order chi connectivity index (χ1) is 9.97. The molecule has 2 atom stereocenters. The first-order valence-electron chi connectivity index (χ1n) is 7.17. The van der Waals surface area contributed by atoms with Gasteiger partial charge in [0, 0.05) is 10.9 Å². The van der Waals surface area contributed by atoms with E-state index in [2.05, 4.69) is 21.2 Å². The van der Waals surface area contributed by atoms with Crippen LogP contribution in [0.5, 0.6) is 0 Å². The Morgan fingerprint density at radius 1 is 1.43 bits per heavy atom. The maximum absolute atomic E-state index is 12.2. The Morgan fingerprint density at radius 2 is 2.19 bits per heavy atom. The second-order valence-electron chi connectivity index (χ2n) is 5.57. The summed E-state index contributed by atoms with van der Waals surface area (Å²) in [5.41, 5.74) is 7.30. The number of nitrogens with one attached hydrogen (secondary N) is 2. The Morgan fingerprint density at radius 3 is 2.86 bits per heavy atom. The Kier molecular flexibility index (Phi) is 5.36. The van der Waals surface area contributed by atoms with Crippen molar-refractivity contribution in [2.75, 3.05) is 18.4 Å². The number of hydrogen-bond donors (Lipinski definition) is 3. The van der Waals surface area contributed by atoms with E-state index >= 15 is 0 Å². The van der Waals surface area contributed by atoms with E-state index in [-0.39, 0.29) is 24.4 Å². The van der Waals surface area contributed by atoms with Crippen molar-refractivity contribution in [1.82, 2.24) is 0 Å². The summed E-state index contributed by atoms with van der Waals surface area (Å²) in [7, 11) is 0. The summed E-state index contributed by atoms with van der Waals surface area (Å²) in [5, 5.41) is 2.89. The third-order valence-corrected chi connectivity index (χ3v) is 4.52. The van der Waals surface area contributed by atoms with Crippen molar-refractivity contribution in [3.8, 4) is 0 Å². The maximum atomic E-state index is 12.2. The van der Waals surface area contributed by atoms with Crippen molar-refractivity contribution in [3.63, 3.8) is 0 Å². The first kappa shape index (κ1) is 16.0. The fourth-order valence-corrected chi connectivity index (χ4v) is 3.35. The molecule has 5 nitrogen and oxygen atoms in total. The van der Waals surface area contributed by atoms with Crippen LogP contribution in [0.4, 0.5) is 5.69 Å². The van der Waals surface area contributed by atoms with Gasteiger partial charge in [0.2, 0.25) is 0 Å². The lowest BCUT2D eigenvalue weighted by atomic mass is 10.0. The highest BCUT2D eigenvalue weighted by Gasteiger charge is 2.32. The van der Waals surface area contributed by atoms with Crippen molar-refractivity contribution in [2.45, 2.75) is 32.2 Å². The summed E-state index contributed by atoms with van der Waals surface area (Å²) in [6.07, 6.45) is 2.80. The monoisotopic (exact) mass is 354 g/mol. The predicted octanol–water partition coefficient (Wildman–Crippen LogP) is 0.619. The average Bonchev–Trinajstić information content (AvgIpc) is 2.42. The molecule has 1 unspecified atom stereocenters. The number of quaternary nitrogens is 1. The molecule has 1 aromatic rings. The van der Waals surface area contributed by atoms with Gasteiger partial charge in [-0.05, 0) is 53.4 Å². The van der Waals surface area contributed by atoms with Gasteiger partial charge in [0.15, 0.2) is 12.6 Å². The average molecular weight is 355 g/mol. The SMILES string of the molecule is Cc1ccc(NC(=O)C[NH+]2CCCC[C@@H]2C(N)=O)c(Br)c1. The van der Waals surface area contributed by atoms with Gasteiger partial charge >= 0.3 is 0 Å². The number of carbonyl (C=O) groups is 2. The number of rotatable bonds is 4. The molecule has 1 fully saturated rings. The summed E-state index contributed by atoms with van der Waals surface area (Å²) >= 11 is 3.44. The van der Waals surface area contributed by atoms with Crippen LogP contribution in [0.25, 0.3) is 0 Å². The molecule has 0 saturated carbocycles. The smallest absolute Gasteiger partial charge is 0.279 e. The van der Waals surface area contributed by atoms with Crippen LogP contribution in [-0.4, -0.2) is 30.9 Å². The topological polar surface area (TPSA) is 76.6 Å². The molecule has 1 aromatic carbocycles. The summed E-state index contributed by atoms with van der Waals surface area (Å²) in [5.74, 6) is -0.406. The number of hydrogen-bond acceptors (Lipinski definition) is 2. The van der Waals surface area contributed by atoms with E-state index in [1.807, 2.05) is 25.1 Å². The number of benzene rings is 1. The number of carbonyl (C=O) groups excluding carboxylic acids is 2. The van der Waals surface area contributed by atoms with Gasteiger partial charge in [0.05, 0.1) is 12.2 Å². The van der Waals surface area contributed by atoms with Crippen molar-refractivity contribution in [3.05, 3.63) is 28.2 Å². The number of primary amides is 1. The Labute approximate surface area is 133 Å². The van der Waals surface area contributed by atoms with Gasteiger partial charge in [-0.25, -0.2) is 0 Å². The van der Waals surface area contributed by atoms with Crippen molar-refractivity contribution < 1.29 is 14.5 Å². The number of halogens is 1. The highest BCUT2D eigenvalue weighted by Crippen LogP contribution is 2.23. The van der Waals surface area contributed by atoms with Crippen LogP contribution in [0, 0.1) is 6.92 Å². The van der Waals surface area contributed by atoms with Crippen molar-refractivity contribution in [2.24, 2.45) is 5.73 Å². The first-order valence-corrected chi connectivity index (χ1v) is 7.96. The van der Waals surface area contributed by atoms with Gasteiger partial charge in [0.1, 0.15) is 0 Å². The van der Waals surface area contributed by atoms with Crippen LogP contribution in [0.3, 0.4) is 0 Å². The molecule has 4 N–H and O–H groups in total. The zero-order chi connectivity index (χ0) is 15.4. The Hall–Kier alpha value is -1.40. The molecule has 1 heterocycles. The minimum Gasteiger partial charge on any atom is -0.365 e. The molecule has 21 heavy (non-hydrogen) atoms. The van der Waals surface area contributed by atoms with Crippen molar-refractivity contribution in [1.29, 1.82) is 0 Å². The molecule has 2 amide bonds. The van der Waals surface area contributed by atoms with Gasteiger partial charge in [-0.3, -0.25) is 9.59 Å². The number of piperidine rings is 1. The highest BCUT2D eigenvalue weighted by molar-refractivity contribution is 9.10. The standard InChI is InChI=1S/C15H20BrN3O2/c1-10-5-6-12(11(16)8-10)18-14(20)9-19-7-3-2-4-13(19)15(17)21/h5-6,8,13H,2-4,7,9H2,1H3,(H2,17,21)(H,18,20)/p+1/t13-/m1/s1. The molecule has 1 aliphatic rings.